The first-order valence-electron chi connectivity index (χ1n) is 8.83. The third kappa shape index (κ3) is 4.33. The molecule has 0 saturated carbocycles. The van der Waals surface area contributed by atoms with Gasteiger partial charge in [-0.15, -0.1) is 0 Å². The van der Waals surface area contributed by atoms with Gasteiger partial charge >= 0.3 is 0 Å². The fraction of sp³-hybridized carbons (Fsp3) is 0.217. The topological polar surface area (TPSA) is 16.6 Å². The fourth-order valence-electron chi connectivity index (χ4n) is 3.30. The third-order valence-electron chi connectivity index (χ3n) is 4.70. The first-order valence-corrected chi connectivity index (χ1v) is 8.83. The molecule has 0 aliphatic rings. The Hall–Kier alpha value is -2.38. The van der Waals surface area contributed by atoms with Crippen molar-refractivity contribution in [1.29, 1.82) is 0 Å². The lowest BCUT2D eigenvalue weighted by Crippen LogP contribution is -2.84. The summed E-state index contributed by atoms with van der Waals surface area (Å²) < 4.78 is 0. The number of rotatable bonds is 7. The van der Waals surface area contributed by atoms with Crippen LogP contribution in [-0.2, 0) is 0 Å². The van der Waals surface area contributed by atoms with Crippen LogP contribution in [0.3, 0.4) is 0 Å². The number of benzene rings is 3. The Bertz CT molecular complexity index is 667. The summed E-state index contributed by atoms with van der Waals surface area (Å²) in [5.41, 5.74) is 4.21. The van der Waals surface area contributed by atoms with Crippen molar-refractivity contribution in [2.45, 2.75) is 25.3 Å². The van der Waals surface area contributed by atoms with Gasteiger partial charge in [-0.25, -0.2) is 0 Å². The van der Waals surface area contributed by atoms with E-state index in [2.05, 4.69) is 103 Å². The molecule has 3 aromatic rings. The molecule has 0 aromatic heterocycles. The SMILES string of the molecule is C[C@@H]([NH2+]CCC(c1ccccc1)c1ccccc1)c1ccccc1. The van der Waals surface area contributed by atoms with Gasteiger partial charge in [-0.05, 0) is 18.1 Å². The molecule has 0 spiro atoms. The molecular weight excluding hydrogens is 290 g/mol. The summed E-state index contributed by atoms with van der Waals surface area (Å²) in [5.74, 6) is 0.464. The summed E-state index contributed by atoms with van der Waals surface area (Å²) in [6, 6.07) is 33.0. The molecule has 3 aromatic carbocycles. The van der Waals surface area contributed by atoms with E-state index >= 15 is 0 Å². The van der Waals surface area contributed by atoms with Crippen LogP contribution in [0.4, 0.5) is 0 Å². The normalized spacial score (nSPS) is 12.2. The van der Waals surface area contributed by atoms with Gasteiger partial charge in [0.1, 0.15) is 6.04 Å². The van der Waals surface area contributed by atoms with Crippen molar-refractivity contribution >= 4 is 0 Å². The van der Waals surface area contributed by atoms with E-state index in [4.69, 9.17) is 0 Å². The molecule has 3 rings (SSSR count). The summed E-state index contributed by atoms with van der Waals surface area (Å²) in [6.07, 6.45) is 1.14. The van der Waals surface area contributed by atoms with Crippen LogP contribution in [0.15, 0.2) is 91.0 Å². The highest BCUT2D eigenvalue weighted by atomic mass is 14.9. The van der Waals surface area contributed by atoms with Gasteiger partial charge in [-0.3, -0.25) is 0 Å². The van der Waals surface area contributed by atoms with E-state index in [1.165, 1.54) is 16.7 Å². The molecule has 0 bridgehead atoms. The standard InChI is InChI=1S/C23H25N/c1-19(20-11-5-2-6-12-20)24-18-17-23(21-13-7-3-8-14-21)22-15-9-4-10-16-22/h2-16,19,23-24H,17-18H2,1H3/p+1/t19-/m1/s1. The van der Waals surface area contributed by atoms with Crippen molar-refractivity contribution in [3.05, 3.63) is 108 Å². The van der Waals surface area contributed by atoms with E-state index in [0.29, 0.717) is 12.0 Å². The van der Waals surface area contributed by atoms with Gasteiger partial charge in [-0.1, -0.05) is 91.0 Å². The first kappa shape index (κ1) is 16.5. The largest absolute Gasteiger partial charge is 0.340 e. The maximum Gasteiger partial charge on any atom is 0.109 e. The summed E-state index contributed by atoms with van der Waals surface area (Å²) in [7, 11) is 0. The van der Waals surface area contributed by atoms with E-state index in [9.17, 15) is 0 Å². The van der Waals surface area contributed by atoms with E-state index < -0.39 is 0 Å². The second kappa shape index (κ2) is 8.47. The summed E-state index contributed by atoms with van der Waals surface area (Å²) in [5, 5.41) is 2.45. The number of nitrogens with two attached hydrogens (primary N) is 1. The zero-order valence-electron chi connectivity index (χ0n) is 14.3. The Kier molecular flexibility index (Phi) is 5.81. The molecule has 24 heavy (non-hydrogen) atoms. The van der Waals surface area contributed by atoms with Gasteiger partial charge in [-0.2, -0.15) is 0 Å². The van der Waals surface area contributed by atoms with E-state index in [-0.39, 0.29) is 0 Å². The van der Waals surface area contributed by atoms with Crippen LogP contribution in [0.2, 0.25) is 0 Å². The Labute approximate surface area is 145 Å². The molecule has 122 valence electrons. The summed E-state index contributed by atoms with van der Waals surface area (Å²) >= 11 is 0. The zero-order chi connectivity index (χ0) is 16.6. The van der Waals surface area contributed by atoms with Crippen molar-refractivity contribution in [1.82, 2.24) is 0 Å². The van der Waals surface area contributed by atoms with Gasteiger partial charge in [0.2, 0.25) is 0 Å². The van der Waals surface area contributed by atoms with Crippen molar-refractivity contribution in [2.24, 2.45) is 0 Å². The predicted octanol–water partition coefficient (Wildman–Crippen LogP) is 4.53. The zero-order valence-corrected chi connectivity index (χ0v) is 14.3. The molecule has 0 radical (unpaired) electrons. The van der Waals surface area contributed by atoms with Crippen LogP contribution >= 0.6 is 0 Å². The Morgan fingerprint density at radius 3 is 1.50 bits per heavy atom. The summed E-state index contributed by atoms with van der Waals surface area (Å²) in [4.78, 5) is 0. The molecule has 1 heteroatoms. The Balaban J connectivity index is 1.67. The van der Waals surface area contributed by atoms with Crippen LogP contribution in [0.1, 0.15) is 42.0 Å². The van der Waals surface area contributed by atoms with Gasteiger partial charge in [0, 0.05) is 17.9 Å². The molecule has 1 nitrogen and oxygen atoms in total. The quantitative estimate of drug-likeness (QED) is 0.659. The van der Waals surface area contributed by atoms with Crippen LogP contribution < -0.4 is 5.32 Å². The van der Waals surface area contributed by atoms with Crippen molar-refractivity contribution in [2.75, 3.05) is 6.54 Å². The predicted molar refractivity (Wildman–Crippen MR) is 101 cm³/mol. The first-order chi connectivity index (χ1) is 11.8. The van der Waals surface area contributed by atoms with E-state index in [1.807, 2.05) is 0 Å². The third-order valence-corrected chi connectivity index (χ3v) is 4.70. The molecule has 2 N–H and O–H groups in total. The monoisotopic (exact) mass is 316 g/mol. The number of hydrogen-bond donors (Lipinski definition) is 1. The molecule has 0 fully saturated rings. The van der Waals surface area contributed by atoms with Gasteiger partial charge in [0.25, 0.3) is 0 Å². The van der Waals surface area contributed by atoms with Gasteiger partial charge in [0.05, 0.1) is 6.54 Å². The maximum atomic E-state index is 2.45. The highest BCUT2D eigenvalue weighted by Crippen LogP contribution is 2.27. The lowest BCUT2D eigenvalue weighted by atomic mass is 9.88. The lowest BCUT2D eigenvalue weighted by Gasteiger charge is -2.19. The average molecular weight is 316 g/mol. The molecule has 0 heterocycles. The van der Waals surface area contributed by atoms with Crippen LogP contribution in [0.5, 0.6) is 0 Å². The molecule has 1 atom stereocenters. The summed E-state index contributed by atoms with van der Waals surface area (Å²) in [6.45, 7) is 3.40. The van der Waals surface area contributed by atoms with Crippen molar-refractivity contribution in [3.8, 4) is 0 Å². The average Bonchev–Trinajstić information content (AvgIpc) is 2.67. The van der Waals surface area contributed by atoms with Gasteiger partial charge < -0.3 is 5.32 Å². The highest BCUT2D eigenvalue weighted by molar-refractivity contribution is 5.32. The minimum absolute atomic E-state index is 0.464. The molecule has 0 amide bonds. The van der Waals surface area contributed by atoms with Crippen molar-refractivity contribution in [3.63, 3.8) is 0 Å². The number of quaternary nitrogens is 1. The second-order valence-corrected chi connectivity index (χ2v) is 6.39. The molecule has 0 unspecified atom stereocenters. The fourth-order valence-corrected chi connectivity index (χ4v) is 3.30. The Morgan fingerprint density at radius 2 is 1.04 bits per heavy atom. The molecular formula is C23H26N+. The van der Waals surface area contributed by atoms with Gasteiger partial charge in [0.15, 0.2) is 0 Å². The molecule has 0 aliphatic carbocycles. The highest BCUT2D eigenvalue weighted by Gasteiger charge is 2.15. The second-order valence-electron chi connectivity index (χ2n) is 6.39. The van der Waals surface area contributed by atoms with E-state index in [1.54, 1.807) is 0 Å². The van der Waals surface area contributed by atoms with Crippen LogP contribution in [0.25, 0.3) is 0 Å². The van der Waals surface area contributed by atoms with Crippen LogP contribution in [0, 0.1) is 0 Å². The Morgan fingerprint density at radius 1 is 0.625 bits per heavy atom. The minimum atomic E-state index is 0.464. The smallest absolute Gasteiger partial charge is 0.109 e. The maximum absolute atomic E-state index is 2.45. The van der Waals surface area contributed by atoms with E-state index in [0.717, 1.165) is 13.0 Å². The van der Waals surface area contributed by atoms with Crippen molar-refractivity contribution < 1.29 is 5.32 Å². The minimum Gasteiger partial charge on any atom is -0.340 e. The van der Waals surface area contributed by atoms with Crippen LogP contribution in [-0.4, -0.2) is 6.54 Å². The molecule has 0 aliphatic heterocycles. The number of hydrogen-bond acceptors (Lipinski definition) is 0. The lowest BCUT2D eigenvalue weighted by molar-refractivity contribution is -0.693. The molecule has 0 saturated heterocycles.